The number of ether oxygens (including phenoxy) is 1. The van der Waals surface area contributed by atoms with Gasteiger partial charge in [0.15, 0.2) is 0 Å². The molecule has 0 fully saturated rings. The smallest absolute Gasteiger partial charge is 0.333 e. The Labute approximate surface area is 155 Å². The zero-order chi connectivity index (χ0) is 18.9. The van der Waals surface area contributed by atoms with Crippen molar-refractivity contribution in [3.63, 3.8) is 0 Å². The minimum Gasteiger partial charge on any atom is -0.472 e. The number of hydrogen-bond donors (Lipinski definition) is 2. The van der Waals surface area contributed by atoms with Crippen LogP contribution in [0.5, 0.6) is 0 Å². The molecule has 1 aromatic rings. The Morgan fingerprint density at radius 3 is 2.85 bits per heavy atom. The molecule has 5 heteroatoms. The monoisotopic (exact) mass is 362 g/mol. The molecule has 0 aromatic carbocycles. The van der Waals surface area contributed by atoms with Crippen LogP contribution in [-0.2, 0) is 16.0 Å². The van der Waals surface area contributed by atoms with Gasteiger partial charge in [-0.2, -0.15) is 0 Å². The summed E-state index contributed by atoms with van der Waals surface area (Å²) in [4.78, 5) is 11.0. The summed E-state index contributed by atoms with van der Waals surface area (Å²) < 4.78 is 9.72. The minimum atomic E-state index is -1.09. The average molecular weight is 362 g/mol. The van der Waals surface area contributed by atoms with Gasteiger partial charge < -0.3 is 19.4 Å². The predicted octanol–water partition coefficient (Wildman–Crippen LogP) is 3.91. The summed E-state index contributed by atoms with van der Waals surface area (Å²) in [7, 11) is 0. The normalized spacial score (nSPS) is 20.0. The molecule has 0 saturated carbocycles. The predicted molar refractivity (Wildman–Crippen MR) is 99.2 cm³/mol. The van der Waals surface area contributed by atoms with E-state index >= 15 is 0 Å². The van der Waals surface area contributed by atoms with Crippen LogP contribution in [0.2, 0.25) is 0 Å². The SMILES string of the molecule is CC(=CCCC1=CC(=O)OC1O)CC(O)CC(C)CCCc1ccoc1. The zero-order valence-corrected chi connectivity index (χ0v) is 15.7. The highest BCUT2D eigenvalue weighted by atomic mass is 16.6. The van der Waals surface area contributed by atoms with Crippen LogP contribution in [0.15, 0.2) is 46.3 Å². The van der Waals surface area contributed by atoms with Gasteiger partial charge >= 0.3 is 5.97 Å². The molecule has 0 radical (unpaired) electrons. The van der Waals surface area contributed by atoms with Crippen molar-refractivity contribution in [3.8, 4) is 0 Å². The summed E-state index contributed by atoms with van der Waals surface area (Å²) in [6, 6.07) is 2.00. The molecule has 26 heavy (non-hydrogen) atoms. The highest BCUT2D eigenvalue weighted by Gasteiger charge is 2.22. The topological polar surface area (TPSA) is 79.9 Å². The number of furan rings is 1. The van der Waals surface area contributed by atoms with E-state index in [1.165, 1.54) is 11.6 Å². The summed E-state index contributed by atoms with van der Waals surface area (Å²) in [5, 5.41) is 19.8. The second kappa shape index (κ2) is 10.3. The third-order valence-corrected chi connectivity index (χ3v) is 4.75. The van der Waals surface area contributed by atoms with Crippen LogP contribution in [0.1, 0.15) is 57.9 Å². The summed E-state index contributed by atoms with van der Waals surface area (Å²) in [6.45, 7) is 4.19. The van der Waals surface area contributed by atoms with E-state index in [9.17, 15) is 15.0 Å². The number of hydrogen-bond acceptors (Lipinski definition) is 5. The van der Waals surface area contributed by atoms with Gasteiger partial charge in [-0.3, -0.25) is 0 Å². The van der Waals surface area contributed by atoms with E-state index in [2.05, 4.69) is 17.7 Å². The van der Waals surface area contributed by atoms with Crippen LogP contribution in [0.3, 0.4) is 0 Å². The number of aliphatic hydroxyl groups is 2. The van der Waals surface area contributed by atoms with Crippen LogP contribution in [0, 0.1) is 5.92 Å². The fourth-order valence-corrected chi connectivity index (χ4v) is 3.33. The Hall–Kier alpha value is -1.85. The fourth-order valence-electron chi connectivity index (χ4n) is 3.33. The first-order chi connectivity index (χ1) is 12.4. The molecule has 0 spiro atoms. The Balaban J connectivity index is 1.61. The number of carbonyl (C=O) groups is 1. The number of rotatable bonds is 11. The van der Waals surface area contributed by atoms with E-state index in [1.807, 2.05) is 13.0 Å². The Bertz CT molecular complexity index is 614. The highest BCUT2D eigenvalue weighted by molar-refractivity contribution is 5.85. The van der Waals surface area contributed by atoms with Crippen LogP contribution < -0.4 is 0 Å². The van der Waals surface area contributed by atoms with Gasteiger partial charge in [-0.1, -0.05) is 25.0 Å². The number of esters is 1. The fraction of sp³-hybridized carbons (Fsp3) is 0.571. The van der Waals surface area contributed by atoms with Gasteiger partial charge in [-0.25, -0.2) is 4.79 Å². The molecule has 3 unspecified atom stereocenters. The van der Waals surface area contributed by atoms with E-state index < -0.39 is 12.3 Å². The number of carbonyl (C=O) groups excluding carboxylic acids is 1. The quantitative estimate of drug-likeness (QED) is 0.461. The summed E-state index contributed by atoms with van der Waals surface area (Å²) in [5.41, 5.74) is 2.97. The average Bonchev–Trinajstić information content (AvgIpc) is 3.17. The maximum absolute atomic E-state index is 11.0. The lowest BCUT2D eigenvalue weighted by molar-refractivity contribution is -0.151. The molecular formula is C21H30O5. The molecule has 0 amide bonds. The molecule has 1 aromatic heterocycles. The van der Waals surface area contributed by atoms with Crippen molar-refractivity contribution in [1.82, 2.24) is 0 Å². The van der Waals surface area contributed by atoms with Crippen molar-refractivity contribution in [2.45, 2.75) is 71.2 Å². The van der Waals surface area contributed by atoms with Gasteiger partial charge in [0.25, 0.3) is 0 Å². The largest absolute Gasteiger partial charge is 0.472 e. The molecule has 2 N–H and O–H groups in total. The van der Waals surface area contributed by atoms with Crippen LogP contribution in [0.4, 0.5) is 0 Å². The maximum Gasteiger partial charge on any atom is 0.333 e. The Morgan fingerprint density at radius 2 is 2.19 bits per heavy atom. The third-order valence-electron chi connectivity index (χ3n) is 4.75. The molecular weight excluding hydrogens is 332 g/mol. The molecule has 144 valence electrons. The van der Waals surface area contributed by atoms with Gasteiger partial charge in [0.2, 0.25) is 6.29 Å². The molecule has 1 aliphatic rings. The lowest BCUT2D eigenvalue weighted by Gasteiger charge is -2.16. The lowest BCUT2D eigenvalue weighted by atomic mass is 9.93. The lowest BCUT2D eigenvalue weighted by Crippen LogP contribution is -2.12. The summed E-state index contributed by atoms with van der Waals surface area (Å²) in [5.74, 6) is -0.00275. The number of aliphatic hydroxyl groups excluding tert-OH is 2. The molecule has 0 bridgehead atoms. The third kappa shape index (κ3) is 7.18. The highest BCUT2D eigenvalue weighted by Crippen LogP contribution is 2.21. The first-order valence-electron chi connectivity index (χ1n) is 9.38. The summed E-state index contributed by atoms with van der Waals surface area (Å²) >= 11 is 0. The Morgan fingerprint density at radius 1 is 1.38 bits per heavy atom. The van der Waals surface area contributed by atoms with Crippen LogP contribution >= 0.6 is 0 Å². The van der Waals surface area contributed by atoms with Gasteiger partial charge in [0.1, 0.15) is 0 Å². The number of cyclic esters (lactones) is 1. The van der Waals surface area contributed by atoms with E-state index in [4.69, 9.17) is 4.42 Å². The second-order valence-electron chi connectivity index (χ2n) is 7.32. The molecule has 5 nitrogen and oxygen atoms in total. The second-order valence-corrected chi connectivity index (χ2v) is 7.32. The first-order valence-corrected chi connectivity index (χ1v) is 9.38. The van der Waals surface area contributed by atoms with E-state index in [0.29, 0.717) is 24.3 Å². The van der Waals surface area contributed by atoms with Gasteiger partial charge in [0.05, 0.1) is 18.6 Å². The van der Waals surface area contributed by atoms with Gasteiger partial charge in [0, 0.05) is 11.6 Å². The van der Waals surface area contributed by atoms with Gasteiger partial charge in [-0.15, -0.1) is 0 Å². The first kappa shape index (κ1) is 20.5. The Kier molecular flexibility index (Phi) is 8.13. The zero-order valence-electron chi connectivity index (χ0n) is 15.7. The molecule has 1 aliphatic heterocycles. The van der Waals surface area contributed by atoms with Crippen LogP contribution in [-0.4, -0.2) is 28.6 Å². The molecule has 2 rings (SSSR count). The molecule has 0 aliphatic carbocycles. The van der Waals surface area contributed by atoms with Crippen molar-refractivity contribution in [3.05, 3.63) is 47.5 Å². The van der Waals surface area contributed by atoms with Crippen molar-refractivity contribution >= 4 is 5.97 Å². The molecule has 2 heterocycles. The van der Waals surface area contributed by atoms with E-state index in [0.717, 1.165) is 37.7 Å². The van der Waals surface area contributed by atoms with E-state index in [1.54, 1.807) is 12.5 Å². The van der Waals surface area contributed by atoms with Gasteiger partial charge in [-0.05, 0) is 63.0 Å². The van der Waals surface area contributed by atoms with E-state index in [-0.39, 0.29) is 6.10 Å². The molecule has 3 atom stereocenters. The number of aryl methyl sites for hydroxylation is 1. The van der Waals surface area contributed by atoms with Crippen LogP contribution in [0.25, 0.3) is 0 Å². The standard InChI is InChI=1S/C21H30O5/c1-15(5-3-7-17-9-10-25-14-17)11-19(22)12-16(2)6-4-8-18-13-20(23)26-21(18)24/h6,9-10,13-15,19,21-22,24H,3-5,7-8,11-12H2,1-2H3. The molecule has 0 saturated heterocycles. The number of allylic oxidation sites excluding steroid dienone is 1. The maximum atomic E-state index is 11.0. The van der Waals surface area contributed by atoms with Crippen molar-refractivity contribution < 1.29 is 24.2 Å². The van der Waals surface area contributed by atoms with Crippen molar-refractivity contribution in [2.75, 3.05) is 0 Å². The van der Waals surface area contributed by atoms with Crippen molar-refractivity contribution in [1.29, 1.82) is 0 Å². The summed E-state index contributed by atoms with van der Waals surface area (Å²) in [6.07, 6.45) is 11.4. The van der Waals surface area contributed by atoms with Crippen molar-refractivity contribution in [2.24, 2.45) is 5.92 Å². The minimum absolute atomic E-state index is 0.337.